The number of hydrogen-bond donors (Lipinski definition) is 1. The lowest BCUT2D eigenvalue weighted by Crippen LogP contribution is -2.54. The van der Waals surface area contributed by atoms with Crippen LogP contribution < -0.4 is 5.32 Å². The maximum Gasteiger partial charge on any atom is 0.317 e. The standard InChI is InChI=1S/C17H28N4O2/c1-13-9-18-21(10-13)12-14-11-20(7-8-23-14)16(22)19-15-5-4-6-17(15,2)3/h9-10,14-15H,4-8,11-12H2,1-3H3,(H,19,22). The van der Waals surface area contributed by atoms with Crippen molar-refractivity contribution in [3.8, 4) is 0 Å². The molecule has 6 nitrogen and oxygen atoms in total. The highest BCUT2D eigenvalue weighted by Crippen LogP contribution is 2.37. The van der Waals surface area contributed by atoms with Gasteiger partial charge in [-0.15, -0.1) is 0 Å². The number of ether oxygens (including phenoxy) is 1. The van der Waals surface area contributed by atoms with Crippen LogP contribution in [0.2, 0.25) is 0 Å². The van der Waals surface area contributed by atoms with Gasteiger partial charge in [0.15, 0.2) is 0 Å². The summed E-state index contributed by atoms with van der Waals surface area (Å²) in [6.07, 6.45) is 7.31. The lowest BCUT2D eigenvalue weighted by atomic mass is 9.87. The summed E-state index contributed by atoms with van der Waals surface area (Å²) in [6, 6.07) is 0.333. The number of nitrogens with zero attached hydrogens (tertiary/aromatic N) is 3. The van der Waals surface area contributed by atoms with Crippen molar-refractivity contribution in [1.82, 2.24) is 20.0 Å². The Morgan fingerprint density at radius 3 is 3.00 bits per heavy atom. The average molecular weight is 320 g/mol. The molecule has 1 saturated heterocycles. The van der Waals surface area contributed by atoms with Crippen LogP contribution in [0.1, 0.15) is 38.7 Å². The summed E-state index contributed by atoms with van der Waals surface area (Å²) in [4.78, 5) is 14.5. The highest BCUT2D eigenvalue weighted by molar-refractivity contribution is 5.74. The zero-order chi connectivity index (χ0) is 16.4. The van der Waals surface area contributed by atoms with Gasteiger partial charge in [0, 0.05) is 18.8 Å². The molecule has 1 aromatic rings. The highest BCUT2D eigenvalue weighted by atomic mass is 16.5. The number of nitrogens with one attached hydrogen (secondary N) is 1. The second-order valence-electron chi connectivity index (χ2n) is 7.56. The third-order valence-electron chi connectivity index (χ3n) is 5.13. The maximum absolute atomic E-state index is 12.6. The molecule has 2 fully saturated rings. The van der Waals surface area contributed by atoms with Gasteiger partial charge in [0.25, 0.3) is 0 Å². The molecule has 3 rings (SSSR count). The number of carbonyl (C=O) groups is 1. The molecule has 23 heavy (non-hydrogen) atoms. The van der Waals surface area contributed by atoms with Gasteiger partial charge in [-0.3, -0.25) is 4.68 Å². The van der Waals surface area contributed by atoms with E-state index in [-0.39, 0.29) is 23.6 Å². The lowest BCUT2D eigenvalue weighted by Gasteiger charge is -2.35. The quantitative estimate of drug-likeness (QED) is 0.928. The van der Waals surface area contributed by atoms with Gasteiger partial charge in [-0.05, 0) is 30.7 Å². The zero-order valence-corrected chi connectivity index (χ0v) is 14.4. The Hall–Kier alpha value is -1.56. The van der Waals surface area contributed by atoms with Crippen molar-refractivity contribution in [3.63, 3.8) is 0 Å². The van der Waals surface area contributed by atoms with Crippen molar-refractivity contribution in [2.24, 2.45) is 5.41 Å². The van der Waals surface area contributed by atoms with Gasteiger partial charge in [-0.2, -0.15) is 5.10 Å². The summed E-state index contributed by atoms with van der Waals surface area (Å²) >= 11 is 0. The van der Waals surface area contributed by atoms with Crippen LogP contribution in [-0.4, -0.2) is 52.6 Å². The number of rotatable bonds is 3. The number of carbonyl (C=O) groups excluding carboxylic acids is 1. The predicted octanol–water partition coefficient (Wildman–Crippen LogP) is 2.18. The van der Waals surface area contributed by atoms with Crippen LogP contribution in [0.25, 0.3) is 0 Å². The Morgan fingerprint density at radius 1 is 1.52 bits per heavy atom. The number of urea groups is 1. The SMILES string of the molecule is Cc1cnn(CC2CN(C(=O)NC3CCCC3(C)C)CCO2)c1. The Balaban J connectivity index is 1.54. The molecule has 128 valence electrons. The molecule has 0 aromatic carbocycles. The molecule has 1 saturated carbocycles. The van der Waals surface area contributed by atoms with Crippen LogP contribution >= 0.6 is 0 Å². The minimum Gasteiger partial charge on any atom is -0.373 e. The van der Waals surface area contributed by atoms with Crippen molar-refractivity contribution in [3.05, 3.63) is 18.0 Å². The molecule has 2 heterocycles. The Kier molecular flexibility index (Phi) is 4.62. The first-order valence-corrected chi connectivity index (χ1v) is 8.60. The predicted molar refractivity (Wildman–Crippen MR) is 88.2 cm³/mol. The van der Waals surface area contributed by atoms with Crippen LogP contribution in [0.5, 0.6) is 0 Å². The highest BCUT2D eigenvalue weighted by Gasteiger charge is 2.36. The molecule has 2 atom stereocenters. The third kappa shape index (κ3) is 3.86. The van der Waals surface area contributed by atoms with E-state index in [1.54, 1.807) is 0 Å². The first-order chi connectivity index (χ1) is 10.9. The fraction of sp³-hybridized carbons (Fsp3) is 0.765. The van der Waals surface area contributed by atoms with E-state index in [1.807, 2.05) is 28.9 Å². The summed E-state index contributed by atoms with van der Waals surface area (Å²) < 4.78 is 7.69. The van der Waals surface area contributed by atoms with E-state index >= 15 is 0 Å². The number of morpholine rings is 1. The van der Waals surface area contributed by atoms with E-state index in [0.29, 0.717) is 26.2 Å². The molecule has 0 bridgehead atoms. The fourth-order valence-corrected chi connectivity index (χ4v) is 3.62. The van der Waals surface area contributed by atoms with Crippen LogP contribution in [0.3, 0.4) is 0 Å². The monoisotopic (exact) mass is 320 g/mol. The van der Waals surface area contributed by atoms with Gasteiger partial charge < -0.3 is 15.0 Å². The Bertz CT molecular complexity index is 555. The van der Waals surface area contributed by atoms with E-state index in [9.17, 15) is 4.79 Å². The zero-order valence-electron chi connectivity index (χ0n) is 14.4. The molecule has 0 spiro atoms. The van der Waals surface area contributed by atoms with Gasteiger partial charge in [0.1, 0.15) is 0 Å². The fourth-order valence-electron chi connectivity index (χ4n) is 3.62. The van der Waals surface area contributed by atoms with E-state index in [4.69, 9.17) is 4.74 Å². The molecule has 1 aromatic heterocycles. The second kappa shape index (κ2) is 6.51. The normalized spacial score (nSPS) is 27.2. The van der Waals surface area contributed by atoms with Crippen molar-refractivity contribution in [2.75, 3.05) is 19.7 Å². The van der Waals surface area contributed by atoms with Crippen molar-refractivity contribution < 1.29 is 9.53 Å². The van der Waals surface area contributed by atoms with Crippen LogP contribution in [0.4, 0.5) is 4.79 Å². The van der Waals surface area contributed by atoms with Crippen LogP contribution in [0.15, 0.2) is 12.4 Å². The summed E-state index contributed by atoms with van der Waals surface area (Å²) in [5.41, 5.74) is 1.34. The molecule has 6 heteroatoms. The minimum atomic E-state index is 0.00499. The second-order valence-corrected chi connectivity index (χ2v) is 7.56. The Labute approximate surface area is 138 Å². The number of amides is 2. The average Bonchev–Trinajstić information content (AvgIpc) is 3.05. The topological polar surface area (TPSA) is 59.4 Å². The van der Waals surface area contributed by atoms with Gasteiger partial charge >= 0.3 is 6.03 Å². The first-order valence-electron chi connectivity index (χ1n) is 8.60. The van der Waals surface area contributed by atoms with Crippen LogP contribution in [0, 0.1) is 12.3 Å². The third-order valence-corrected chi connectivity index (χ3v) is 5.13. The summed E-state index contributed by atoms with van der Waals surface area (Å²) in [5, 5.41) is 7.54. The van der Waals surface area contributed by atoms with E-state index < -0.39 is 0 Å². The molecule has 1 aliphatic heterocycles. The van der Waals surface area contributed by atoms with Gasteiger partial charge in [-0.25, -0.2) is 4.79 Å². The molecule has 1 N–H and O–H groups in total. The molecular formula is C17H28N4O2. The lowest BCUT2D eigenvalue weighted by molar-refractivity contribution is -0.0244. The Morgan fingerprint density at radius 2 is 2.35 bits per heavy atom. The number of aromatic nitrogens is 2. The summed E-state index contributed by atoms with van der Waals surface area (Å²) in [7, 11) is 0. The molecule has 0 radical (unpaired) electrons. The van der Waals surface area contributed by atoms with E-state index in [1.165, 1.54) is 12.8 Å². The van der Waals surface area contributed by atoms with Gasteiger partial charge in [-0.1, -0.05) is 20.3 Å². The first kappa shape index (κ1) is 16.3. The van der Waals surface area contributed by atoms with E-state index in [0.717, 1.165) is 12.0 Å². The van der Waals surface area contributed by atoms with Gasteiger partial charge in [0.2, 0.25) is 0 Å². The molecule has 2 amide bonds. The maximum atomic E-state index is 12.6. The number of hydrogen-bond acceptors (Lipinski definition) is 3. The molecular weight excluding hydrogens is 292 g/mol. The van der Waals surface area contributed by atoms with Crippen molar-refractivity contribution in [2.45, 2.75) is 58.7 Å². The van der Waals surface area contributed by atoms with Gasteiger partial charge in [0.05, 0.1) is 32.0 Å². The minimum absolute atomic E-state index is 0.00499. The molecule has 2 aliphatic rings. The molecule has 2 unspecified atom stereocenters. The van der Waals surface area contributed by atoms with Crippen LogP contribution in [-0.2, 0) is 11.3 Å². The van der Waals surface area contributed by atoms with E-state index in [2.05, 4.69) is 24.3 Å². The largest absolute Gasteiger partial charge is 0.373 e. The summed E-state index contributed by atoms with van der Waals surface area (Å²) in [6.45, 7) is 9.07. The smallest absolute Gasteiger partial charge is 0.317 e. The van der Waals surface area contributed by atoms with Crippen molar-refractivity contribution in [1.29, 1.82) is 0 Å². The van der Waals surface area contributed by atoms with Crippen molar-refractivity contribution >= 4 is 6.03 Å². The number of aryl methyl sites for hydroxylation is 1. The molecule has 1 aliphatic carbocycles. The summed E-state index contributed by atoms with van der Waals surface area (Å²) in [5.74, 6) is 0.